The number of benzene rings is 3. The summed E-state index contributed by atoms with van der Waals surface area (Å²) in [6.45, 7) is 1.92. The Morgan fingerprint density at radius 2 is 1.74 bits per heavy atom. The molecule has 1 amide bonds. The van der Waals surface area contributed by atoms with E-state index in [-0.39, 0.29) is 17.7 Å². The standard InChI is InChI=1S/C26H20F3N3O2/c1-17(19-6-3-2-4-7-19)31-23-15-24(20-8-5-9-22(14-20)34-26(27,28)29)32(25(23)33)21-12-10-18(16-30)11-13-21/h2-15,17,24,31H,1H3/t17-,24+/m1/s1. The van der Waals surface area contributed by atoms with E-state index in [1.54, 1.807) is 36.4 Å². The van der Waals surface area contributed by atoms with E-state index in [2.05, 4.69) is 10.1 Å². The Labute approximate surface area is 194 Å². The lowest BCUT2D eigenvalue weighted by molar-refractivity contribution is -0.274. The van der Waals surface area contributed by atoms with Crippen LogP contribution in [0.3, 0.4) is 0 Å². The fraction of sp³-hybridized carbons (Fsp3) is 0.154. The van der Waals surface area contributed by atoms with Gasteiger partial charge in [-0.3, -0.25) is 9.69 Å². The number of hydrogen-bond acceptors (Lipinski definition) is 4. The van der Waals surface area contributed by atoms with E-state index in [1.165, 1.54) is 23.1 Å². The highest BCUT2D eigenvalue weighted by Gasteiger charge is 2.36. The van der Waals surface area contributed by atoms with E-state index in [0.717, 1.165) is 5.56 Å². The largest absolute Gasteiger partial charge is 0.573 e. The van der Waals surface area contributed by atoms with Gasteiger partial charge in [0.2, 0.25) is 0 Å². The molecule has 0 bridgehead atoms. The van der Waals surface area contributed by atoms with Crippen LogP contribution >= 0.6 is 0 Å². The van der Waals surface area contributed by atoms with Crippen molar-refractivity contribution in [2.45, 2.75) is 25.4 Å². The summed E-state index contributed by atoms with van der Waals surface area (Å²) in [5, 5.41) is 12.3. The fourth-order valence-corrected chi connectivity index (χ4v) is 3.84. The van der Waals surface area contributed by atoms with E-state index >= 15 is 0 Å². The predicted molar refractivity (Wildman–Crippen MR) is 121 cm³/mol. The smallest absolute Gasteiger partial charge is 0.406 e. The number of alkyl halides is 3. The van der Waals surface area contributed by atoms with Crippen molar-refractivity contribution in [1.82, 2.24) is 5.32 Å². The Morgan fingerprint density at radius 3 is 2.38 bits per heavy atom. The third-order valence-electron chi connectivity index (χ3n) is 5.43. The molecular formula is C26H20F3N3O2. The topological polar surface area (TPSA) is 65.4 Å². The monoisotopic (exact) mass is 463 g/mol. The summed E-state index contributed by atoms with van der Waals surface area (Å²) in [5.41, 5.74) is 2.69. The van der Waals surface area contributed by atoms with Crippen molar-refractivity contribution in [2.24, 2.45) is 0 Å². The average Bonchev–Trinajstić information content (AvgIpc) is 3.14. The first kappa shape index (κ1) is 22.9. The van der Waals surface area contributed by atoms with Crippen molar-refractivity contribution in [3.05, 3.63) is 107 Å². The molecule has 1 aliphatic rings. The SMILES string of the molecule is C[C@@H](NC1=C[C@@H](c2cccc(OC(F)(F)F)c2)N(c2ccc(C#N)cc2)C1=O)c1ccccc1. The molecule has 0 aromatic heterocycles. The minimum absolute atomic E-state index is 0.183. The molecule has 4 rings (SSSR count). The summed E-state index contributed by atoms with van der Waals surface area (Å²) >= 11 is 0. The predicted octanol–water partition coefficient (Wildman–Crippen LogP) is 5.78. The molecule has 3 aromatic carbocycles. The summed E-state index contributed by atoms with van der Waals surface area (Å²) in [7, 11) is 0. The van der Waals surface area contributed by atoms with Gasteiger partial charge < -0.3 is 10.1 Å². The Morgan fingerprint density at radius 1 is 1.03 bits per heavy atom. The van der Waals surface area contributed by atoms with E-state index in [4.69, 9.17) is 5.26 Å². The summed E-state index contributed by atoms with van der Waals surface area (Å²) < 4.78 is 42.3. The van der Waals surface area contributed by atoms with Crippen LogP contribution in [0, 0.1) is 11.3 Å². The number of carbonyl (C=O) groups excluding carboxylic acids is 1. The van der Waals surface area contributed by atoms with Gasteiger partial charge in [-0.05, 0) is 60.5 Å². The van der Waals surface area contributed by atoms with Crippen LogP contribution in [0.2, 0.25) is 0 Å². The zero-order valence-electron chi connectivity index (χ0n) is 18.1. The van der Waals surface area contributed by atoms with Crippen molar-refractivity contribution in [1.29, 1.82) is 5.26 Å². The van der Waals surface area contributed by atoms with Crippen molar-refractivity contribution >= 4 is 11.6 Å². The van der Waals surface area contributed by atoms with Crippen LogP contribution in [0.5, 0.6) is 5.75 Å². The molecular weight excluding hydrogens is 443 g/mol. The Bertz CT molecular complexity index is 1250. The molecule has 0 radical (unpaired) electrons. The normalized spacial score (nSPS) is 16.6. The Kier molecular flexibility index (Phi) is 6.28. The highest BCUT2D eigenvalue weighted by Crippen LogP contribution is 2.37. The van der Waals surface area contributed by atoms with Gasteiger partial charge in [0.05, 0.1) is 23.4 Å². The van der Waals surface area contributed by atoms with Gasteiger partial charge in [-0.2, -0.15) is 5.26 Å². The van der Waals surface area contributed by atoms with Crippen molar-refractivity contribution in [2.75, 3.05) is 4.90 Å². The highest BCUT2D eigenvalue weighted by molar-refractivity contribution is 6.09. The number of nitriles is 1. The molecule has 1 aliphatic heterocycles. The third-order valence-corrected chi connectivity index (χ3v) is 5.43. The number of nitrogens with one attached hydrogen (secondary N) is 1. The van der Waals surface area contributed by atoms with Crippen LogP contribution in [0.1, 0.15) is 35.7 Å². The minimum Gasteiger partial charge on any atom is -0.406 e. The van der Waals surface area contributed by atoms with E-state index < -0.39 is 12.4 Å². The summed E-state index contributed by atoms with van der Waals surface area (Å²) in [5.74, 6) is -0.704. The van der Waals surface area contributed by atoms with Crippen molar-refractivity contribution < 1.29 is 22.7 Å². The molecule has 1 heterocycles. The maximum Gasteiger partial charge on any atom is 0.573 e. The first-order chi connectivity index (χ1) is 16.2. The Hall–Kier alpha value is -4.25. The molecule has 0 aliphatic carbocycles. The molecule has 5 nitrogen and oxygen atoms in total. The molecule has 2 atom stereocenters. The molecule has 34 heavy (non-hydrogen) atoms. The second-order valence-electron chi connectivity index (χ2n) is 7.76. The van der Waals surface area contributed by atoms with Gasteiger partial charge in [-0.1, -0.05) is 42.5 Å². The number of anilines is 1. The third kappa shape index (κ3) is 5.04. The van der Waals surface area contributed by atoms with E-state index in [0.29, 0.717) is 22.5 Å². The summed E-state index contributed by atoms with van der Waals surface area (Å²) in [6, 6.07) is 22.7. The maximum atomic E-state index is 13.4. The van der Waals surface area contributed by atoms with Gasteiger partial charge in [0, 0.05) is 11.7 Å². The molecule has 8 heteroatoms. The lowest BCUT2D eigenvalue weighted by Gasteiger charge is -2.26. The minimum atomic E-state index is -4.83. The number of rotatable bonds is 6. The van der Waals surface area contributed by atoms with Crippen LogP contribution in [0.4, 0.5) is 18.9 Å². The fourth-order valence-electron chi connectivity index (χ4n) is 3.84. The number of nitrogens with zero attached hydrogens (tertiary/aromatic N) is 2. The molecule has 0 spiro atoms. The highest BCUT2D eigenvalue weighted by atomic mass is 19.4. The lowest BCUT2D eigenvalue weighted by Crippen LogP contribution is -2.33. The van der Waals surface area contributed by atoms with Gasteiger partial charge in [-0.25, -0.2) is 0 Å². The van der Waals surface area contributed by atoms with Gasteiger partial charge in [-0.15, -0.1) is 13.2 Å². The van der Waals surface area contributed by atoms with Crippen LogP contribution in [-0.2, 0) is 4.79 Å². The average molecular weight is 463 g/mol. The van der Waals surface area contributed by atoms with Crippen LogP contribution in [-0.4, -0.2) is 12.3 Å². The van der Waals surface area contributed by atoms with Crippen LogP contribution in [0.25, 0.3) is 0 Å². The van der Waals surface area contributed by atoms with Gasteiger partial charge in [0.1, 0.15) is 5.75 Å². The number of halogens is 3. The maximum absolute atomic E-state index is 13.4. The second-order valence-corrected chi connectivity index (χ2v) is 7.76. The van der Waals surface area contributed by atoms with E-state index in [9.17, 15) is 18.0 Å². The molecule has 1 N–H and O–H groups in total. The molecule has 0 saturated heterocycles. The Balaban J connectivity index is 1.70. The molecule has 3 aromatic rings. The van der Waals surface area contributed by atoms with Crippen LogP contribution < -0.4 is 15.0 Å². The first-order valence-corrected chi connectivity index (χ1v) is 10.5. The van der Waals surface area contributed by atoms with Gasteiger partial charge >= 0.3 is 6.36 Å². The number of ether oxygens (including phenoxy) is 1. The number of carbonyl (C=O) groups is 1. The number of hydrogen-bond donors (Lipinski definition) is 1. The molecule has 0 fully saturated rings. The zero-order valence-corrected chi connectivity index (χ0v) is 18.1. The van der Waals surface area contributed by atoms with Crippen molar-refractivity contribution in [3.63, 3.8) is 0 Å². The molecule has 0 unspecified atom stereocenters. The zero-order chi connectivity index (χ0) is 24.3. The summed E-state index contributed by atoms with van der Waals surface area (Å²) in [4.78, 5) is 14.9. The first-order valence-electron chi connectivity index (χ1n) is 10.5. The second kappa shape index (κ2) is 9.32. The quantitative estimate of drug-likeness (QED) is 0.503. The van der Waals surface area contributed by atoms with E-state index in [1.807, 2.05) is 43.3 Å². The van der Waals surface area contributed by atoms with Gasteiger partial charge in [0.25, 0.3) is 5.91 Å². The molecule has 0 saturated carbocycles. The number of amides is 1. The van der Waals surface area contributed by atoms with Crippen LogP contribution in [0.15, 0.2) is 90.6 Å². The lowest BCUT2D eigenvalue weighted by atomic mass is 10.1. The summed E-state index contributed by atoms with van der Waals surface area (Å²) in [6.07, 6.45) is -3.14. The van der Waals surface area contributed by atoms with Gasteiger partial charge in [0.15, 0.2) is 0 Å². The van der Waals surface area contributed by atoms with Crippen molar-refractivity contribution in [3.8, 4) is 11.8 Å². The molecule has 172 valence electrons.